The summed E-state index contributed by atoms with van der Waals surface area (Å²) in [5.74, 6) is 0.196. The second-order valence-corrected chi connectivity index (χ2v) is 5.20. The van der Waals surface area contributed by atoms with Crippen LogP contribution in [0, 0.1) is 0 Å². The molecule has 0 N–H and O–H groups in total. The van der Waals surface area contributed by atoms with Gasteiger partial charge in [-0.15, -0.1) is 11.3 Å². The van der Waals surface area contributed by atoms with E-state index >= 15 is 0 Å². The third kappa shape index (κ3) is 3.33. The molecule has 2 heterocycles. The zero-order valence-corrected chi connectivity index (χ0v) is 10.6. The largest absolute Gasteiger partial charge is 0.374 e. The predicted molar refractivity (Wildman–Crippen MR) is 70.7 cm³/mol. The van der Waals surface area contributed by atoms with Crippen LogP contribution in [-0.4, -0.2) is 39.1 Å². The van der Waals surface area contributed by atoms with Crippen molar-refractivity contribution < 1.29 is 9.53 Å². The van der Waals surface area contributed by atoms with Gasteiger partial charge in [0.15, 0.2) is 0 Å². The summed E-state index contributed by atoms with van der Waals surface area (Å²) in [5, 5.41) is 2.04. The molecule has 1 amide bonds. The predicted octanol–water partition coefficient (Wildman–Crippen LogP) is 1.57. The van der Waals surface area contributed by atoms with Crippen molar-refractivity contribution in [3.8, 4) is 0 Å². The molecule has 0 aromatic carbocycles. The third-order valence-corrected chi connectivity index (χ3v) is 3.81. The second-order valence-electron chi connectivity index (χ2n) is 4.16. The highest BCUT2D eigenvalue weighted by Crippen LogP contribution is 2.20. The van der Waals surface area contributed by atoms with Crippen molar-refractivity contribution in [3.05, 3.63) is 22.4 Å². The molecule has 2 rings (SSSR count). The monoisotopic (exact) mass is 251 g/mol. The molecule has 0 aliphatic carbocycles. The fraction of sp³-hybridized carbons (Fsp3) is 0.583. The van der Waals surface area contributed by atoms with Crippen LogP contribution >= 0.6 is 11.3 Å². The first kappa shape index (κ1) is 11.3. The number of likely N-dealkylation sites (tertiary alicyclic amines) is 1. The highest BCUT2D eigenvalue weighted by Gasteiger charge is 2.29. The molecule has 1 saturated heterocycles. The van der Waals surface area contributed by atoms with Gasteiger partial charge in [-0.1, -0.05) is 12.4 Å². The molecular weight excluding hydrogens is 233 g/mol. The number of hydrogen-bond donors (Lipinski definition) is 0. The first-order valence-electron chi connectivity index (χ1n) is 6.48. The van der Waals surface area contributed by atoms with E-state index in [1.165, 1.54) is 12.7 Å². The minimum absolute atomic E-state index is 0.192. The Kier molecular flexibility index (Phi) is 4.13. The van der Waals surface area contributed by atoms with Crippen molar-refractivity contribution in [3.63, 3.8) is 0 Å². The summed E-state index contributed by atoms with van der Waals surface area (Å²) in [7, 11) is 1.36. The number of thiophene rings is 1. The highest BCUT2D eigenvalue weighted by molar-refractivity contribution is 7.09. The second kappa shape index (κ2) is 6.22. The van der Waals surface area contributed by atoms with Crippen LogP contribution in [0.1, 0.15) is 17.7 Å². The van der Waals surface area contributed by atoms with Crippen LogP contribution in [0.2, 0.25) is 6.32 Å². The Morgan fingerprint density at radius 2 is 2.65 bits per heavy atom. The number of ether oxygens (including phenoxy) is 1. The normalized spacial score (nSPS) is 20.7. The number of hydrogen-bond acceptors (Lipinski definition) is 3. The zero-order valence-electron chi connectivity index (χ0n) is 10.8. The minimum atomic E-state index is 0.192. The first-order valence-corrected chi connectivity index (χ1v) is 6.79. The van der Waals surface area contributed by atoms with Crippen molar-refractivity contribution in [2.45, 2.75) is 31.8 Å². The molecule has 1 radical (unpaired) electrons. The number of amides is 1. The van der Waals surface area contributed by atoms with E-state index in [-0.39, 0.29) is 11.9 Å². The van der Waals surface area contributed by atoms with E-state index in [2.05, 4.69) is 6.07 Å². The van der Waals surface area contributed by atoms with Gasteiger partial charge in [0.1, 0.15) is 0 Å². The molecular formula is C12H17BNO2S. The Labute approximate surface area is 109 Å². The summed E-state index contributed by atoms with van der Waals surface area (Å²) >= 11 is 1.69. The highest BCUT2D eigenvalue weighted by atomic mass is 32.1. The Morgan fingerprint density at radius 3 is 3.41 bits per heavy atom. The summed E-state index contributed by atoms with van der Waals surface area (Å²) in [6.45, 7) is 1.87. The quantitative estimate of drug-likeness (QED) is 0.688. The topological polar surface area (TPSA) is 29.5 Å². The Morgan fingerprint density at radius 1 is 1.71 bits per heavy atom. The average Bonchev–Trinajstić information content (AvgIpc) is 2.98. The van der Waals surface area contributed by atoms with E-state index < -0.39 is 0 Å². The van der Waals surface area contributed by atoms with Gasteiger partial charge in [-0.25, -0.2) is 0 Å². The number of nitrogens with zero attached hydrogens (tertiary/aromatic N) is 1. The minimum Gasteiger partial charge on any atom is -0.374 e. The van der Waals surface area contributed by atoms with Gasteiger partial charge in [-0.05, 0) is 19.2 Å². The maximum Gasteiger partial charge on any atom is 0.222 e. The Balaban J connectivity index is 1.75. The SMILES string of the molecule is [2H][B]CCN1C(=O)CCC1COCc1cccs1. The number of carbonyl (C=O) groups is 1. The Bertz CT molecular complexity index is 374. The molecule has 3 nitrogen and oxygen atoms in total. The van der Waals surface area contributed by atoms with Crippen molar-refractivity contribution in [1.29, 1.82) is 1.34 Å². The smallest absolute Gasteiger partial charge is 0.222 e. The summed E-state index contributed by atoms with van der Waals surface area (Å²) < 4.78 is 12.7. The van der Waals surface area contributed by atoms with E-state index in [0.29, 0.717) is 32.5 Å². The van der Waals surface area contributed by atoms with Gasteiger partial charge < -0.3 is 9.64 Å². The van der Waals surface area contributed by atoms with E-state index in [0.717, 1.165) is 6.42 Å². The lowest BCUT2D eigenvalue weighted by Crippen LogP contribution is -2.36. The lowest BCUT2D eigenvalue weighted by atomic mass is 10.0. The van der Waals surface area contributed by atoms with Crippen molar-refractivity contribution >= 4 is 25.1 Å². The zero-order chi connectivity index (χ0) is 12.8. The van der Waals surface area contributed by atoms with Gasteiger partial charge in [-0.2, -0.15) is 0 Å². The van der Waals surface area contributed by atoms with Crippen LogP contribution in [0.3, 0.4) is 0 Å². The van der Waals surface area contributed by atoms with E-state index in [4.69, 9.17) is 6.07 Å². The van der Waals surface area contributed by atoms with Crippen LogP contribution in [0.15, 0.2) is 17.5 Å². The van der Waals surface area contributed by atoms with Crippen molar-refractivity contribution in [2.75, 3.05) is 13.2 Å². The van der Waals surface area contributed by atoms with Crippen LogP contribution in [0.5, 0.6) is 0 Å². The fourth-order valence-electron chi connectivity index (χ4n) is 2.10. The van der Waals surface area contributed by atoms with Gasteiger partial charge in [0.2, 0.25) is 5.91 Å². The molecule has 0 bridgehead atoms. The van der Waals surface area contributed by atoms with Gasteiger partial charge in [-0.3, -0.25) is 4.79 Å². The van der Waals surface area contributed by atoms with Crippen LogP contribution < -0.4 is 0 Å². The lowest BCUT2D eigenvalue weighted by molar-refractivity contribution is -0.129. The molecule has 0 spiro atoms. The van der Waals surface area contributed by atoms with Gasteiger partial charge in [0.25, 0.3) is 0 Å². The lowest BCUT2D eigenvalue weighted by Gasteiger charge is -2.24. The Hall–Kier alpha value is -0.805. The summed E-state index contributed by atoms with van der Waals surface area (Å²) in [4.78, 5) is 14.8. The summed E-state index contributed by atoms with van der Waals surface area (Å²) in [5.41, 5.74) is 0. The third-order valence-electron chi connectivity index (χ3n) is 2.96. The van der Waals surface area contributed by atoms with E-state index in [1.807, 2.05) is 16.3 Å². The summed E-state index contributed by atoms with van der Waals surface area (Å²) in [6.07, 6.45) is 2.12. The molecule has 1 aliphatic rings. The molecule has 91 valence electrons. The molecule has 1 atom stereocenters. The van der Waals surface area contributed by atoms with Crippen LogP contribution in [-0.2, 0) is 16.1 Å². The van der Waals surface area contributed by atoms with Crippen LogP contribution in [0.25, 0.3) is 0 Å². The maximum atomic E-state index is 11.7. The molecule has 0 saturated carbocycles. The molecule has 1 aliphatic heterocycles. The fourth-order valence-corrected chi connectivity index (χ4v) is 2.74. The first-order chi connectivity index (χ1) is 8.81. The van der Waals surface area contributed by atoms with E-state index in [9.17, 15) is 4.79 Å². The molecule has 1 unspecified atom stereocenters. The van der Waals surface area contributed by atoms with Gasteiger partial charge in [0, 0.05) is 17.8 Å². The number of rotatable bonds is 7. The van der Waals surface area contributed by atoms with Crippen molar-refractivity contribution in [2.24, 2.45) is 0 Å². The van der Waals surface area contributed by atoms with E-state index in [1.54, 1.807) is 11.3 Å². The maximum absolute atomic E-state index is 11.7. The standard InChI is InChI=1S/C12H17BNO2S/c13-5-6-14-10(3-4-12(14)15)8-16-9-11-2-1-7-17-11/h1-2,7,10,13H,3-6,8-9H2/i13D. The number of carbonyl (C=O) groups excluding carboxylic acids is 1. The van der Waals surface area contributed by atoms with Crippen LogP contribution in [0.4, 0.5) is 0 Å². The molecule has 1 aromatic rings. The molecule has 17 heavy (non-hydrogen) atoms. The summed E-state index contributed by atoms with van der Waals surface area (Å²) in [6, 6.07) is 4.26. The van der Waals surface area contributed by atoms with Crippen molar-refractivity contribution in [1.82, 2.24) is 4.90 Å². The van der Waals surface area contributed by atoms with Gasteiger partial charge in [0.05, 0.1) is 27.1 Å². The van der Waals surface area contributed by atoms with Gasteiger partial charge >= 0.3 is 0 Å². The average molecular weight is 251 g/mol. The molecule has 5 heteroatoms. The molecule has 1 fully saturated rings. The molecule has 1 aromatic heterocycles.